The molecule has 0 spiro atoms. The van der Waals surface area contributed by atoms with Gasteiger partial charge in [-0.15, -0.1) is 0 Å². The number of rotatable bonds is 4. The number of hydrogen-bond acceptors (Lipinski definition) is 3. The lowest BCUT2D eigenvalue weighted by atomic mass is 9.99. The van der Waals surface area contributed by atoms with Crippen LogP contribution >= 0.6 is 0 Å². The lowest BCUT2D eigenvalue weighted by Gasteiger charge is -2.15. The molecule has 0 amide bonds. The van der Waals surface area contributed by atoms with Gasteiger partial charge in [-0.3, -0.25) is 4.79 Å². The zero-order chi connectivity index (χ0) is 10.7. The van der Waals surface area contributed by atoms with Crippen molar-refractivity contribution in [3.63, 3.8) is 0 Å². The molecule has 0 aromatic carbocycles. The van der Waals surface area contributed by atoms with E-state index >= 15 is 0 Å². The predicted octanol–water partition coefficient (Wildman–Crippen LogP) is 0.410. The van der Waals surface area contributed by atoms with Crippen LogP contribution in [0.2, 0.25) is 0 Å². The molecule has 1 aliphatic heterocycles. The van der Waals surface area contributed by atoms with Crippen LogP contribution in [0.5, 0.6) is 0 Å². The monoisotopic (exact) mass is 201 g/mol. The molecule has 0 bridgehead atoms. The molecule has 1 fully saturated rings. The molecular weight excluding hydrogens is 182 g/mol. The number of nitrogens with zero attached hydrogens (tertiary/aromatic N) is 1. The summed E-state index contributed by atoms with van der Waals surface area (Å²) in [5.41, 5.74) is 0. The second-order valence-electron chi connectivity index (χ2n) is 4.32. The highest BCUT2D eigenvalue weighted by Gasteiger charge is 2.34. The summed E-state index contributed by atoms with van der Waals surface area (Å²) in [5.74, 6) is -0.706. The average molecular weight is 201 g/mol. The SMILES string of the molecule is CC(O)CCN1C[C@@H](C)[C@H](C(=O)O)C1. The minimum atomic E-state index is -0.697. The van der Waals surface area contributed by atoms with Crippen LogP contribution in [0, 0.1) is 11.8 Å². The van der Waals surface area contributed by atoms with Gasteiger partial charge in [-0.2, -0.15) is 0 Å². The van der Waals surface area contributed by atoms with Gasteiger partial charge in [0, 0.05) is 19.6 Å². The zero-order valence-electron chi connectivity index (χ0n) is 8.81. The quantitative estimate of drug-likeness (QED) is 0.691. The van der Waals surface area contributed by atoms with Gasteiger partial charge in [0.1, 0.15) is 0 Å². The van der Waals surface area contributed by atoms with E-state index in [0.29, 0.717) is 6.54 Å². The number of carbonyl (C=O) groups is 1. The number of aliphatic hydroxyl groups excluding tert-OH is 1. The molecule has 2 N–H and O–H groups in total. The Bertz CT molecular complexity index is 206. The summed E-state index contributed by atoms with van der Waals surface area (Å²) in [6.45, 7) is 5.99. The minimum absolute atomic E-state index is 0.224. The lowest BCUT2D eigenvalue weighted by Crippen LogP contribution is -2.26. The van der Waals surface area contributed by atoms with Crippen LogP contribution in [-0.4, -0.2) is 46.8 Å². The van der Waals surface area contributed by atoms with Crippen LogP contribution in [0.3, 0.4) is 0 Å². The van der Waals surface area contributed by atoms with Crippen LogP contribution in [0.4, 0.5) is 0 Å². The van der Waals surface area contributed by atoms with Gasteiger partial charge in [0.2, 0.25) is 0 Å². The number of hydrogen-bond donors (Lipinski definition) is 2. The maximum absolute atomic E-state index is 10.8. The molecule has 0 aromatic rings. The Labute approximate surface area is 84.5 Å². The van der Waals surface area contributed by atoms with Crippen molar-refractivity contribution in [1.29, 1.82) is 0 Å². The van der Waals surface area contributed by atoms with Crippen LogP contribution < -0.4 is 0 Å². The summed E-state index contributed by atoms with van der Waals surface area (Å²) < 4.78 is 0. The average Bonchev–Trinajstić information content (AvgIpc) is 2.43. The summed E-state index contributed by atoms with van der Waals surface area (Å²) >= 11 is 0. The van der Waals surface area contributed by atoms with Gasteiger partial charge in [0.15, 0.2) is 0 Å². The lowest BCUT2D eigenvalue weighted by molar-refractivity contribution is -0.142. The van der Waals surface area contributed by atoms with Crippen molar-refractivity contribution in [3.8, 4) is 0 Å². The summed E-state index contributed by atoms with van der Waals surface area (Å²) in [4.78, 5) is 12.9. The zero-order valence-corrected chi connectivity index (χ0v) is 8.81. The summed E-state index contributed by atoms with van der Waals surface area (Å²) in [5, 5.41) is 18.0. The molecule has 0 radical (unpaired) electrons. The van der Waals surface area contributed by atoms with E-state index in [1.807, 2.05) is 6.92 Å². The molecule has 1 rings (SSSR count). The molecule has 1 heterocycles. The third-order valence-electron chi connectivity index (χ3n) is 2.87. The number of likely N-dealkylation sites (tertiary alicyclic amines) is 1. The first-order valence-electron chi connectivity index (χ1n) is 5.14. The first kappa shape index (κ1) is 11.5. The third kappa shape index (κ3) is 2.96. The number of aliphatic hydroxyl groups is 1. The van der Waals surface area contributed by atoms with Gasteiger partial charge in [0.25, 0.3) is 0 Å². The van der Waals surface area contributed by atoms with Crippen LogP contribution in [0.15, 0.2) is 0 Å². The standard InChI is InChI=1S/C10H19NO3/c1-7-5-11(4-3-8(2)12)6-9(7)10(13)14/h7-9,12H,3-6H2,1-2H3,(H,13,14)/t7-,8?,9-/m1/s1. The van der Waals surface area contributed by atoms with Crippen LogP contribution in [0.25, 0.3) is 0 Å². The third-order valence-corrected chi connectivity index (χ3v) is 2.87. The summed E-state index contributed by atoms with van der Waals surface area (Å²) in [7, 11) is 0. The molecule has 0 saturated carbocycles. The van der Waals surface area contributed by atoms with Crippen LogP contribution in [-0.2, 0) is 4.79 Å². The van der Waals surface area contributed by atoms with Crippen molar-refractivity contribution in [2.24, 2.45) is 11.8 Å². The highest BCUT2D eigenvalue weighted by atomic mass is 16.4. The molecule has 14 heavy (non-hydrogen) atoms. The summed E-state index contributed by atoms with van der Waals surface area (Å²) in [6.07, 6.45) is 0.424. The Morgan fingerprint density at radius 2 is 2.21 bits per heavy atom. The molecule has 1 unspecified atom stereocenters. The second-order valence-corrected chi connectivity index (χ2v) is 4.32. The molecule has 0 aromatic heterocycles. The Balaban J connectivity index is 2.35. The molecule has 1 saturated heterocycles. The van der Waals surface area contributed by atoms with Gasteiger partial charge in [0.05, 0.1) is 12.0 Å². The molecule has 4 nitrogen and oxygen atoms in total. The molecular formula is C10H19NO3. The van der Waals surface area contributed by atoms with Gasteiger partial charge in [-0.05, 0) is 19.3 Å². The van der Waals surface area contributed by atoms with Crippen LogP contribution in [0.1, 0.15) is 20.3 Å². The first-order valence-corrected chi connectivity index (χ1v) is 5.14. The fourth-order valence-electron chi connectivity index (χ4n) is 1.94. The number of carboxylic acid groups (broad SMARTS) is 1. The summed E-state index contributed by atoms with van der Waals surface area (Å²) in [6, 6.07) is 0. The van der Waals surface area contributed by atoms with Crippen molar-refractivity contribution in [3.05, 3.63) is 0 Å². The highest BCUT2D eigenvalue weighted by molar-refractivity contribution is 5.71. The smallest absolute Gasteiger partial charge is 0.308 e. The van der Waals surface area contributed by atoms with Crippen molar-refractivity contribution in [1.82, 2.24) is 4.90 Å². The minimum Gasteiger partial charge on any atom is -0.481 e. The fourth-order valence-corrected chi connectivity index (χ4v) is 1.94. The molecule has 1 aliphatic rings. The van der Waals surface area contributed by atoms with E-state index in [2.05, 4.69) is 4.90 Å². The van der Waals surface area contributed by atoms with E-state index in [4.69, 9.17) is 10.2 Å². The van der Waals surface area contributed by atoms with Crippen molar-refractivity contribution in [2.75, 3.05) is 19.6 Å². The van der Waals surface area contributed by atoms with Crippen molar-refractivity contribution >= 4 is 5.97 Å². The fraction of sp³-hybridized carbons (Fsp3) is 0.900. The van der Waals surface area contributed by atoms with Gasteiger partial charge in [-0.1, -0.05) is 6.92 Å². The largest absolute Gasteiger partial charge is 0.481 e. The molecule has 82 valence electrons. The van der Waals surface area contributed by atoms with Gasteiger partial charge >= 0.3 is 5.97 Å². The first-order chi connectivity index (χ1) is 6.50. The van der Waals surface area contributed by atoms with E-state index < -0.39 is 5.97 Å². The predicted molar refractivity (Wildman–Crippen MR) is 53.0 cm³/mol. The van der Waals surface area contributed by atoms with Crippen molar-refractivity contribution < 1.29 is 15.0 Å². The second kappa shape index (κ2) is 4.75. The normalized spacial score (nSPS) is 30.5. The maximum atomic E-state index is 10.8. The number of aliphatic carboxylic acids is 1. The molecule has 0 aliphatic carbocycles. The molecule has 3 atom stereocenters. The van der Waals surface area contributed by atoms with Crippen molar-refractivity contribution in [2.45, 2.75) is 26.4 Å². The highest BCUT2D eigenvalue weighted by Crippen LogP contribution is 2.23. The van der Waals surface area contributed by atoms with E-state index in [1.54, 1.807) is 6.92 Å². The van der Waals surface area contributed by atoms with Gasteiger partial charge < -0.3 is 15.1 Å². The van der Waals surface area contributed by atoms with E-state index in [1.165, 1.54) is 0 Å². The number of carboxylic acids is 1. The van der Waals surface area contributed by atoms with E-state index in [0.717, 1.165) is 19.5 Å². The van der Waals surface area contributed by atoms with Gasteiger partial charge in [-0.25, -0.2) is 0 Å². The topological polar surface area (TPSA) is 60.8 Å². The maximum Gasteiger partial charge on any atom is 0.308 e. The van der Waals surface area contributed by atoms with E-state index in [9.17, 15) is 4.79 Å². The Hall–Kier alpha value is -0.610. The Kier molecular flexibility index (Phi) is 3.89. The Morgan fingerprint density at radius 1 is 1.57 bits per heavy atom. The molecule has 4 heteroatoms. The van der Waals surface area contributed by atoms with E-state index in [-0.39, 0.29) is 17.9 Å². The Morgan fingerprint density at radius 3 is 2.64 bits per heavy atom.